The van der Waals surface area contributed by atoms with Crippen LogP contribution in [0.15, 0.2) is 30.5 Å². The fourth-order valence-electron chi connectivity index (χ4n) is 3.34. The molecule has 2 aliphatic rings. The number of fused-ring (bicyclic) bond motifs is 1. The van der Waals surface area contributed by atoms with Crippen molar-refractivity contribution >= 4 is 34.3 Å². The van der Waals surface area contributed by atoms with E-state index in [1.807, 2.05) is 6.07 Å². The molecule has 1 aromatic heterocycles. The van der Waals surface area contributed by atoms with Crippen molar-refractivity contribution in [2.75, 3.05) is 49.8 Å². The van der Waals surface area contributed by atoms with E-state index in [9.17, 15) is 4.79 Å². The summed E-state index contributed by atoms with van der Waals surface area (Å²) in [4.78, 5) is 14.7. The summed E-state index contributed by atoms with van der Waals surface area (Å²) in [7, 11) is 0. The van der Waals surface area contributed by atoms with Gasteiger partial charge in [-0.1, -0.05) is 0 Å². The van der Waals surface area contributed by atoms with Crippen molar-refractivity contribution < 1.29 is 9.53 Å². The minimum Gasteiger partial charge on any atom is -0.379 e. The number of anilines is 1. The third-order valence-electron chi connectivity index (χ3n) is 4.83. The van der Waals surface area contributed by atoms with Crippen molar-refractivity contribution in [2.45, 2.75) is 12.6 Å². The maximum atomic E-state index is 12.2. The van der Waals surface area contributed by atoms with Gasteiger partial charge in [-0.25, -0.2) is 0 Å². The van der Waals surface area contributed by atoms with E-state index in [4.69, 9.17) is 4.74 Å². The second-order valence-electron chi connectivity index (χ2n) is 6.50. The van der Waals surface area contributed by atoms with E-state index >= 15 is 0 Å². The van der Waals surface area contributed by atoms with Crippen LogP contribution in [0.2, 0.25) is 0 Å². The quantitative estimate of drug-likeness (QED) is 0.848. The van der Waals surface area contributed by atoms with Gasteiger partial charge in [0.15, 0.2) is 0 Å². The van der Waals surface area contributed by atoms with Crippen LogP contribution in [0.5, 0.6) is 0 Å². The summed E-state index contributed by atoms with van der Waals surface area (Å²) >= 11 is 1.76. The Morgan fingerprint density at radius 3 is 2.96 bits per heavy atom. The first kappa shape index (κ1) is 16.9. The fraction of sp³-hybridized carbons (Fsp3) is 0.500. The van der Waals surface area contributed by atoms with E-state index in [0.717, 1.165) is 62.1 Å². The Morgan fingerprint density at radius 1 is 1.28 bits per heavy atom. The number of thioether (sulfide) groups is 1. The van der Waals surface area contributed by atoms with E-state index in [1.54, 1.807) is 11.8 Å². The number of aromatic nitrogens is 1. The number of hydrogen-bond acceptors (Lipinski definition) is 5. The highest BCUT2D eigenvalue weighted by Gasteiger charge is 2.22. The first-order chi connectivity index (χ1) is 12.3. The fourth-order valence-corrected chi connectivity index (χ4v) is 4.28. The Balaban J connectivity index is 1.40. The van der Waals surface area contributed by atoms with Crippen LogP contribution in [0, 0.1) is 0 Å². The number of nitrogens with one attached hydrogen (secondary N) is 2. The molecule has 0 spiro atoms. The van der Waals surface area contributed by atoms with Gasteiger partial charge in [-0.2, -0.15) is 0 Å². The van der Waals surface area contributed by atoms with Crippen LogP contribution < -0.4 is 10.6 Å². The molecule has 2 aliphatic heterocycles. The SMILES string of the molecule is O=C(Nc1ccc2c(ccn2CCN2CCOCC2)c1)C1CSCN1. The van der Waals surface area contributed by atoms with Crippen LogP contribution in [0.25, 0.3) is 10.9 Å². The third kappa shape index (κ3) is 4.00. The van der Waals surface area contributed by atoms with Gasteiger partial charge in [0, 0.05) is 60.6 Å². The molecule has 2 fully saturated rings. The molecule has 6 nitrogen and oxygen atoms in total. The summed E-state index contributed by atoms with van der Waals surface area (Å²) in [6.07, 6.45) is 2.13. The Hall–Kier alpha value is -1.54. The van der Waals surface area contributed by atoms with Gasteiger partial charge in [-0.05, 0) is 24.3 Å². The Morgan fingerprint density at radius 2 is 2.16 bits per heavy atom. The van der Waals surface area contributed by atoms with Gasteiger partial charge in [-0.3, -0.25) is 15.0 Å². The summed E-state index contributed by atoms with van der Waals surface area (Å²) in [5.74, 6) is 1.74. The molecule has 0 saturated carbocycles. The number of benzene rings is 1. The van der Waals surface area contributed by atoms with Crippen molar-refractivity contribution in [2.24, 2.45) is 0 Å². The van der Waals surface area contributed by atoms with Crippen molar-refractivity contribution in [1.29, 1.82) is 0 Å². The largest absolute Gasteiger partial charge is 0.379 e. The molecule has 1 aromatic carbocycles. The van der Waals surface area contributed by atoms with Crippen molar-refractivity contribution in [3.63, 3.8) is 0 Å². The maximum Gasteiger partial charge on any atom is 0.242 e. The lowest BCUT2D eigenvalue weighted by molar-refractivity contribution is -0.117. The monoisotopic (exact) mass is 360 g/mol. The number of ether oxygens (including phenoxy) is 1. The number of morpholine rings is 1. The molecular weight excluding hydrogens is 336 g/mol. The predicted octanol–water partition coefficient (Wildman–Crippen LogP) is 1.57. The van der Waals surface area contributed by atoms with Crippen LogP contribution in [-0.2, 0) is 16.1 Å². The zero-order valence-electron chi connectivity index (χ0n) is 14.2. The van der Waals surface area contributed by atoms with E-state index in [1.165, 1.54) is 5.52 Å². The highest BCUT2D eigenvalue weighted by molar-refractivity contribution is 7.99. The standard InChI is InChI=1S/C18H24N4O2S/c23-18(16-12-25-13-19-16)20-15-1-2-17-14(11-15)3-4-22(17)6-5-21-7-9-24-10-8-21/h1-4,11,16,19H,5-10,12-13H2,(H,20,23). The van der Waals surface area contributed by atoms with Crippen LogP contribution >= 0.6 is 11.8 Å². The number of carbonyl (C=O) groups is 1. The number of carbonyl (C=O) groups excluding carboxylic acids is 1. The predicted molar refractivity (Wildman–Crippen MR) is 102 cm³/mol. The molecule has 7 heteroatoms. The second-order valence-corrected chi connectivity index (χ2v) is 7.53. The molecule has 0 aliphatic carbocycles. The molecule has 3 heterocycles. The van der Waals surface area contributed by atoms with Crippen molar-refractivity contribution in [3.8, 4) is 0 Å². The minimum atomic E-state index is -0.0844. The highest BCUT2D eigenvalue weighted by atomic mass is 32.2. The lowest BCUT2D eigenvalue weighted by Gasteiger charge is -2.26. The maximum absolute atomic E-state index is 12.2. The van der Waals surface area contributed by atoms with Crippen LogP contribution in [0.3, 0.4) is 0 Å². The Kier molecular flexibility index (Phi) is 5.26. The van der Waals surface area contributed by atoms with Gasteiger partial charge in [0.05, 0.1) is 19.3 Å². The smallest absolute Gasteiger partial charge is 0.242 e. The topological polar surface area (TPSA) is 58.5 Å². The van der Waals surface area contributed by atoms with Gasteiger partial charge in [-0.15, -0.1) is 11.8 Å². The molecule has 1 unspecified atom stereocenters. The number of rotatable bonds is 5. The molecule has 25 heavy (non-hydrogen) atoms. The first-order valence-electron chi connectivity index (χ1n) is 8.80. The summed E-state index contributed by atoms with van der Waals surface area (Å²) in [6, 6.07) is 8.18. The van der Waals surface area contributed by atoms with Gasteiger partial charge in [0.25, 0.3) is 0 Å². The summed E-state index contributed by atoms with van der Waals surface area (Å²) in [5.41, 5.74) is 2.07. The van der Waals surface area contributed by atoms with E-state index in [2.05, 4.69) is 44.5 Å². The van der Waals surface area contributed by atoms with Crippen LogP contribution in [0.4, 0.5) is 5.69 Å². The molecule has 1 atom stereocenters. The molecule has 134 valence electrons. The molecular formula is C18H24N4O2S. The minimum absolute atomic E-state index is 0.0519. The lowest BCUT2D eigenvalue weighted by atomic mass is 10.2. The first-order valence-corrected chi connectivity index (χ1v) is 9.96. The van der Waals surface area contributed by atoms with Crippen LogP contribution in [-0.4, -0.2) is 65.9 Å². The van der Waals surface area contributed by atoms with E-state index < -0.39 is 0 Å². The second kappa shape index (κ2) is 7.78. The molecule has 2 aromatic rings. The molecule has 2 N–H and O–H groups in total. The van der Waals surface area contributed by atoms with Gasteiger partial charge < -0.3 is 14.6 Å². The number of hydrogen-bond donors (Lipinski definition) is 2. The summed E-state index contributed by atoms with van der Waals surface area (Å²) in [6.45, 7) is 5.72. The molecule has 1 amide bonds. The molecule has 0 bridgehead atoms. The van der Waals surface area contributed by atoms with E-state index in [-0.39, 0.29) is 11.9 Å². The third-order valence-corrected chi connectivity index (χ3v) is 5.77. The van der Waals surface area contributed by atoms with Crippen LogP contribution in [0.1, 0.15) is 0 Å². The lowest BCUT2D eigenvalue weighted by Crippen LogP contribution is -2.38. The summed E-state index contributed by atoms with van der Waals surface area (Å²) < 4.78 is 7.68. The Bertz CT molecular complexity index is 736. The van der Waals surface area contributed by atoms with Crippen molar-refractivity contribution in [1.82, 2.24) is 14.8 Å². The number of amides is 1. The average molecular weight is 360 g/mol. The molecule has 4 rings (SSSR count). The van der Waals surface area contributed by atoms with Crippen molar-refractivity contribution in [3.05, 3.63) is 30.5 Å². The highest BCUT2D eigenvalue weighted by Crippen LogP contribution is 2.21. The number of nitrogens with zero attached hydrogens (tertiary/aromatic N) is 2. The van der Waals surface area contributed by atoms with Gasteiger partial charge in [0.2, 0.25) is 5.91 Å². The normalized spacial score (nSPS) is 21.7. The zero-order valence-corrected chi connectivity index (χ0v) is 15.1. The average Bonchev–Trinajstić information content (AvgIpc) is 3.31. The van der Waals surface area contributed by atoms with Gasteiger partial charge in [0.1, 0.15) is 0 Å². The molecule has 0 radical (unpaired) electrons. The Labute approximate surface area is 151 Å². The van der Waals surface area contributed by atoms with E-state index in [0.29, 0.717) is 0 Å². The summed E-state index contributed by atoms with van der Waals surface area (Å²) in [5, 5.41) is 7.38. The molecule has 2 saturated heterocycles. The zero-order chi connectivity index (χ0) is 17.1. The van der Waals surface area contributed by atoms with Gasteiger partial charge >= 0.3 is 0 Å².